The van der Waals surface area contributed by atoms with Crippen LogP contribution in [0.2, 0.25) is 0 Å². The Bertz CT molecular complexity index is 931. The largest absolute Gasteiger partial charge is 0.493 e. The number of benzene rings is 2. The Balaban J connectivity index is 2.09. The number of ether oxygens (including phenoxy) is 4. The Morgan fingerprint density at radius 2 is 1.72 bits per heavy atom. The van der Waals surface area contributed by atoms with Crippen LogP contribution in [0.3, 0.4) is 0 Å². The van der Waals surface area contributed by atoms with Crippen LogP contribution in [0.25, 0.3) is 0 Å². The molecule has 0 aromatic heterocycles. The van der Waals surface area contributed by atoms with Crippen LogP contribution in [-0.4, -0.2) is 44.8 Å². The highest BCUT2D eigenvalue weighted by atomic mass is 16.6. The van der Waals surface area contributed by atoms with Crippen LogP contribution >= 0.6 is 0 Å². The lowest BCUT2D eigenvalue weighted by Gasteiger charge is -2.14. The average molecular weight is 447 g/mol. The normalized spacial score (nSPS) is 10.4. The predicted molar refractivity (Wildman–Crippen MR) is 120 cm³/mol. The second-order valence-corrected chi connectivity index (χ2v) is 6.90. The van der Waals surface area contributed by atoms with Gasteiger partial charge in [0.25, 0.3) is 11.6 Å². The van der Waals surface area contributed by atoms with Gasteiger partial charge in [0.2, 0.25) is 0 Å². The Morgan fingerprint density at radius 3 is 2.34 bits per heavy atom. The van der Waals surface area contributed by atoms with E-state index in [2.05, 4.69) is 12.2 Å². The summed E-state index contributed by atoms with van der Waals surface area (Å²) in [5.74, 6) is 1.45. The maximum Gasteiger partial charge on any atom is 0.276 e. The van der Waals surface area contributed by atoms with Crippen molar-refractivity contribution in [3.8, 4) is 23.0 Å². The molecule has 0 atom stereocenters. The van der Waals surface area contributed by atoms with Crippen molar-refractivity contribution in [3.63, 3.8) is 0 Å². The van der Waals surface area contributed by atoms with E-state index in [9.17, 15) is 14.9 Å². The summed E-state index contributed by atoms with van der Waals surface area (Å²) in [6, 6.07) is 7.89. The summed E-state index contributed by atoms with van der Waals surface area (Å²) in [5, 5.41) is 14.2. The van der Waals surface area contributed by atoms with Crippen molar-refractivity contribution >= 4 is 11.6 Å². The Hall–Kier alpha value is -3.49. The molecule has 0 unspecified atom stereocenters. The zero-order chi connectivity index (χ0) is 23.5. The van der Waals surface area contributed by atoms with E-state index in [-0.39, 0.29) is 30.3 Å². The molecule has 0 saturated heterocycles. The predicted octanol–water partition coefficient (Wildman–Crippen LogP) is 4.16. The molecule has 2 rings (SSSR count). The molecule has 0 fully saturated rings. The molecule has 32 heavy (non-hydrogen) atoms. The van der Waals surface area contributed by atoms with Crippen LogP contribution in [0.1, 0.15) is 42.6 Å². The molecule has 0 aliphatic heterocycles. The minimum Gasteiger partial charge on any atom is -0.493 e. The van der Waals surface area contributed by atoms with Gasteiger partial charge < -0.3 is 24.3 Å². The number of carbonyl (C=O) groups is 1. The number of hydrogen-bond acceptors (Lipinski definition) is 7. The summed E-state index contributed by atoms with van der Waals surface area (Å²) in [7, 11) is 2.87. The van der Waals surface area contributed by atoms with Crippen molar-refractivity contribution < 1.29 is 28.7 Å². The van der Waals surface area contributed by atoms with E-state index in [1.54, 1.807) is 24.3 Å². The zero-order valence-electron chi connectivity index (χ0n) is 18.9. The molecule has 0 aliphatic carbocycles. The first-order chi connectivity index (χ1) is 15.4. The Labute approximate surface area is 187 Å². The molecule has 1 amide bonds. The molecule has 2 aromatic rings. The molecule has 0 bridgehead atoms. The molecule has 0 spiro atoms. The van der Waals surface area contributed by atoms with Crippen LogP contribution in [-0.2, 0) is 6.42 Å². The highest BCUT2D eigenvalue weighted by Gasteiger charge is 2.19. The summed E-state index contributed by atoms with van der Waals surface area (Å²) >= 11 is 0. The van der Waals surface area contributed by atoms with Crippen LogP contribution < -0.4 is 24.3 Å². The molecule has 0 heterocycles. The lowest BCUT2D eigenvalue weighted by molar-refractivity contribution is -0.385. The minimum atomic E-state index is -0.481. The van der Waals surface area contributed by atoms with E-state index in [0.717, 1.165) is 12.8 Å². The van der Waals surface area contributed by atoms with Gasteiger partial charge in [-0.1, -0.05) is 13.3 Å². The summed E-state index contributed by atoms with van der Waals surface area (Å²) in [5.41, 5.74) is 0.754. The smallest absolute Gasteiger partial charge is 0.276 e. The second-order valence-electron chi connectivity index (χ2n) is 6.90. The van der Waals surface area contributed by atoms with E-state index in [1.165, 1.54) is 20.3 Å². The van der Waals surface area contributed by atoms with Crippen LogP contribution in [0.4, 0.5) is 5.69 Å². The van der Waals surface area contributed by atoms with Gasteiger partial charge >= 0.3 is 0 Å². The van der Waals surface area contributed by atoms with Gasteiger partial charge in [-0.05, 0) is 44.0 Å². The molecule has 0 saturated carbocycles. The van der Waals surface area contributed by atoms with Gasteiger partial charge in [0.05, 0.1) is 38.4 Å². The first-order valence-electron chi connectivity index (χ1n) is 10.5. The fourth-order valence-corrected chi connectivity index (χ4v) is 3.06. The quantitative estimate of drug-likeness (QED) is 0.279. The number of rotatable bonds is 13. The molecule has 1 N–H and O–H groups in total. The van der Waals surface area contributed by atoms with Crippen molar-refractivity contribution in [2.24, 2.45) is 0 Å². The second kappa shape index (κ2) is 12.4. The molecule has 0 aliphatic rings. The Kier molecular flexibility index (Phi) is 9.59. The fourth-order valence-electron chi connectivity index (χ4n) is 3.06. The summed E-state index contributed by atoms with van der Waals surface area (Å²) in [6.07, 6.45) is 2.19. The average Bonchev–Trinajstić information content (AvgIpc) is 2.79. The zero-order valence-corrected chi connectivity index (χ0v) is 18.9. The maximum absolute atomic E-state index is 12.6. The van der Waals surface area contributed by atoms with E-state index in [4.69, 9.17) is 18.9 Å². The third-order valence-corrected chi connectivity index (χ3v) is 4.72. The number of methoxy groups -OCH3 is 2. The van der Waals surface area contributed by atoms with Gasteiger partial charge in [-0.15, -0.1) is 0 Å². The van der Waals surface area contributed by atoms with Crippen molar-refractivity contribution in [2.45, 2.75) is 33.1 Å². The number of nitrogens with zero attached hydrogens (tertiary/aromatic N) is 1. The van der Waals surface area contributed by atoms with Crippen molar-refractivity contribution in [1.29, 1.82) is 0 Å². The first-order valence-corrected chi connectivity index (χ1v) is 10.5. The molecule has 174 valence electrons. The summed E-state index contributed by atoms with van der Waals surface area (Å²) < 4.78 is 21.7. The number of nitrogens with one attached hydrogen (secondary N) is 1. The van der Waals surface area contributed by atoms with Crippen molar-refractivity contribution in [2.75, 3.05) is 34.0 Å². The molecule has 2 aromatic carbocycles. The standard InChI is InChI=1S/C23H30N2O7/c1-5-7-12-32-19-9-8-17(14-22(19)31-6-2)23(26)24-11-10-16-13-20(29-3)21(30-4)15-18(16)25(27)28/h8-9,13-15H,5-7,10-12H2,1-4H3,(H,24,26). The number of unbranched alkanes of at least 4 members (excludes halogenated alkanes) is 1. The third kappa shape index (κ3) is 6.50. The van der Waals surface area contributed by atoms with Crippen molar-refractivity contribution in [3.05, 3.63) is 51.6 Å². The number of hydrogen-bond donors (Lipinski definition) is 1. The fraction of sp³-hybridized carbons (Fsp3) is 0.435. The highest BCUT2D eigenvalue weighted by molar-refractivity contribution is 5.94. The SMILES string of the molecule is CCCCOc1ccc(C(=O)NCCc2cc(OC)c(OC)cc2[N+](=O)[O-])cc1OCC. The summed E-state index contributed by atoms with van der Waals surface area (Å²) in [6.45, 7) is 5.16. The van der Waals surface area contributed by atoms with Crippen molar-refractivity contribution in [1.82, 2.24) is 5.32 Å². The van der Waals surface area contributed by atoms with Gasteiger partial charge in [-0.25, -0.2) is 0 Å². The maximum atomic E-state index is 12.6. The van der Waals surface area contributed by atoms with Gasteiger partial charge in [0, 0.05) is 17.7 Å². The van der Waals surface area contributed by atoms with Gasteiger partial charge in [-0.3, -0.25) is 14.9 Å². The first kappa shape index (κ1) is 24.8. The lowest BCUT2D eigenvalue weighted by Crippen LogP contribution is -2.26. The third-order valence-electron chi connectivity index (χ3n) is 4.72. The monoisotopic (exact) mass is 446 g/mol. The van der Waals surface area contributed by atoms with Gasteiger partial charge in [0.15, 0.2) is 23.0 Å². The van der Waals surface area contributed by atoms with E-state index in [0.29, 0.717) is 41.6 Å². The van der Waals surface area contributed by atoms with Crippen LogP contribution in [0, 0.1) is 10.1 Å². The molecule has 9 nitrogen and oxygen atoms in total. The number of carbonyl (C=O) groups excluding carboxylic acids is 1. The van der Waals surface area contributed by atoms with Crippen LogP contribution in [0.15, 0.2) is 30.3 Å². The number of nitro benzene ring substituents is 1. The lowest BCUT2D eigenvalue weighted by atomic mass is 10.1. The summed E-state index contributed by atoms with van der Waals surface area (Å²) in [4.78, 5) is 23.6. The van der Waals surface area contributed by atoms with Gasteiger partial charge in [0.1, 0.15) is 0 Å². The minimum absolute atomic E-state index is 0.0934. The molecule has 0 radical (unpaired) electrons. The van der Waals surface area contributed by atoms with E-state index in [1.807, 2.05) is 6.92 Å². The highest BCUT2D eigenvalue weighted by Crippen LogP contribution is 2.34. The van der Waals surface area contributed by atoms with Crippen LogP contribution in [0.5, 0.6) is 23.0 Å². The topological polar surface area (TPSA) is 109 Å². The number of nitro groups is 1. The van der Waals surface area contributed by atoms with E-state index >= 15 is 0 Å². The molecular formula is C23H30N2O7. The Morgan fingerprint density at radius 1 is 1.00 bits per heavy atom. The van der Waals surface area contributed by atoms with E-state index < -0.39 is 4.92 Å². The molecule has 9 heteroatoms. The number of amides is 1. The molecular weight excluding hydrogens is 416 g/mol. The van der Waals surface area contributed by atoms with Gasteiger partial charge in [-0.2, -0.15) is 0 Å².